The van der Waals surface area contributed by atoms with Gasteiger partial charge in [-0.3, -0.25) is 4.79 Å². The zero-order valence-electron chi connectivity index (χ0n) is 10.8. The van der Waals surface area contributed by atoms with Crippen LogP contribution in [0.2, 0.25) is 0 Å². The normalized spacial score (nSPS) is 10.6. The molecule has 21 heavy (non-hydrogen) atoms. The number of aldehydes is 1. The number of benzene rings is 2. The number of hydrogen-bond donors (Lipinski definition) is 0. The van der Waals surface area contributed by atoms with Crippen molar-refractivity contribution in [1.29, 1.82) is 0 Å². The average Bonchev–Trinajstić information content (AvgIpc) is 2.86. The van der Waals surface area contributed by atoms with E-state index in [1.165, 1.54) is 12.1 Å². The van der Waals surface area contributed by atoms with Crippen molar-refractivity contribution in [1.82, 2.24) is 9.78 Å². The summed E-state index contributed by atoms with van der Waals surface area (Å²) in [7, 11) is 0. The minimum atomic E-state index is -0.319. The Morgan fingerprint density at radius 2 is 1.71 bits per heavy atom. The Hall–Kier alpha value is -2.27. The molecular formula is C16H10BrFN2O. The molecule has 1 heterocycles. The van der Waals surface area contributed by atoms with Crippen molar-refractivity contribution in [3.05, 3.63) is 70.6 Å². The summed E-state index contributed by atoms with van der Waals surface area (Å²) in [6.07, 6.45) is 0.763. The van der Waals surface area contributed by atoms with E-state index in [0.29, 0.717) is 21.5 Å². The van der Waals surface area contributed by atoms with E-state index in [1.54, 1.807) is 16.8 Å². The van der Waals surface area contributed by atoms with Crippen LogP contribution in [0.4, 0.5) is 4.39 Å². The number of hydrogen-bond acceptors (Lipinski definition) is 2. The van der Waals surface area contributed by atoms with Crippen LogP contribution in [0, 0.1) is 5.82 Å². The molecule has 3 rings (SSSR count). The Bertz CT molecular complexity index is 782. The van der Waals surface area contributed by atoms with Gasteiger partial charge in [0.05, 0.1) is 11.3 Å². The molecule has 1 aromatic heterocycles. The molecule has 0 aliphatic rings. The molecule has 0 saturated heterocycles. The highest BCUT2D eigenvalue weighted by Crippen LogP contribution is 2.29. The summed E-state index contributed by atoms with van der Waals surface area (Å²) in [4.78, 5) is 11.4. The molecule has 0 fully saturated rings. The van der Waals surface area contributed by atoms with Gasteiger partial charge in [0.25, 0.3) is 0 Å². The molecule has 0 radical (unpaired) electrons. The van der Waals surface area contributed by atoms with Crippen molar-refractivity contribution >= 4 is 22.2 Å². The second-order valence-electron chi connectivity index (χ2n) is 4.43. The zero-order chi connectivity index (χ0) is 14.8. The fourth-order valence-corrected chi connectivity index (χ4v) is 2.64. The monoisotopic (exact) mass is 344 g/mol. The molecule has 0 saturated carbocycles. The molecule has 2 aromatic carbocycles. The van der Waals surface area contributed by atoms with E-state index in [1.807, 2.05) is 30.3 Å². The molecule has 0 amide bonds. The summed E-state index contributed by atoms with van der Waals surface area (Å²) < 4.78 is 15.1. The Kier molecular flexibility index (Phi) is 3.66. The molecule has 104 valence electrons. The lowest BCUT2D eigenvalue weighted by Crippen LogP contribution is -1.97. The third-order valence-corrected chi connectivity index (χ3v) is 3.86. The number of carbonyl (C=O) groups is 1. The number of rotatable bonds is 3. The Morgan fingerprint density at radius 3 is 2.33 bits per heavy atom. The Morgan fingerprint density at radius 1 is 1.05 bits per heavy atom. The van der Waals surface area contributed by atoms with Crippen LogP contribution in [-0.2, 0) is 0 Å². The van der Waals surface area contributed by atoms with Crippen molar-refractivity contribution in [3.63, 3.8) is 0 Å². The fraction of sp³-hybridized carbons (Fsp3) is 0. The predicted octanol–water partition coefficient (Wildman–Crippen LogP) is 4.25. The molecule has 0 aliphatic heterocycles. The van der Waals surface area contributed by atoms with Crippen molar-refractivity contribution < 1.29 is 9.18 Å². The van der Waals surface area contributed by atoms with E-state index in [9.17, 15) is 9.18 Å². The van der Waals surface area contributed by atoms with Crippen LogP contribution >= 0.6 is 15.9 Å². The predicted molar refractivity (Wildman–Crippen MR) is 82.0 cm³/mol. The summed E-state index contributed by atoms with van der Waals surface area (Å²) in [5.41, 5.74) is 2.57. The molecule has 0 spiro atoms. The van der Waals surface area contributed by atoms with Crippen LogP contribution in [0.3, 0.4) is 0 Å². The molecule has 5 heteroatoms. The first-order valence-corrected chi connectivity index (χ1v) is 7.05. The Labute approximate surface area is 129 Å². The van der Waals surface area contributed by atoms with Crippen LogP contribution in [0.5, 0.6) is 0 Å². The standard InChI is InChI=1S/C16H10BrFN2O/c17-16-14(10-21)15(11-4-2-1-3-5-11)19-20(16)13-8-6-12(18)7-9-13/h1-10H. The van der Waals surface area contributed by atoms with Gasteiger partial charge in [-0.1, -0.05) is 30.3 Å². The fourth-order valence-electron chi connectivity index (χ4n) is 2.08. The number of aromatic nitrogens is 2. The van der Waals surface area contributed by atoms with Gasteiger partial charge in [-0.25, -0.2) is 9.07 Å². The van der Waals surface area contributed by atoms with Crippen LogP contribution in [-0.4, -0.2) is 16.1 Å². The van der Waals surface area contributed by atoms with Gasteiger partial charge in [0.15, 0.2) is 6.29 Å². The van der Waals surface area contributed by atoms with E-state index < -0.39 is 0 Å². The molecule has 3 nitrogen and oxygen atoms in total. The van der Waals surface area contributed by atoms with E-state index in [4.69, 9.17) is 0 Å². The minimum Gasteiger partial charge on any atom is -0.298 e. The number of halogens is 2. The van der Waals surface area contributed by atoms with E-state index in [0.717, 1.165) is 11.8 Å². The summed E-state index contributed by atoms with van der Waals surface area (Å²) in [6.45, 7) is 0. The maximum absolute atomic E-state index is 13.0. The van der Waals surface area contributed by atoms with Crippen LogP contribution in [0.1, 0.15) is 10.4 Å². The first-order valence-electron chi connectivity index (χ1n) is 6.26. The minimum absolute atomic E-state index is 0.319. The van der Waals surface area contributed by atoms with Gasteiger partial charge in [-0.2, -0.15) is 5.10 Å². The molecular weight excluding hydrogens is 335 g/mol. The van der Waals surface area contributed by atoms with E-state index in [2.05, 4.69) is 21.0 Å². The number of nitrogens with zero attached hydrogens (tertiary/aromatic N) is 2. The molecule has 0 unspecified atom stereocenters. The lowest BCUT2D eigenvalue weighted by atomic mass is 10.1. The topological polar surface area (TPSA) is 34.9 Å². The molecule has 0 aliphatic carbocycles. The quantitative estimate of drug-likeness (QED) is 0.665. The van der Waals surface area contributed by atoms with Gasteiger partial charge < -0.3 is 0 Å². The van der Waals surface area contributed by atoms with Gasteiger partial charge in [0.2, 0.25) is 0 Å². The first-order chi connectivity index (χ1) is 10.2. The second-order valence-corrected chi connectivity index (χ2v) is 5.18. The molecule has 0 bridgehead atoms. The third kappa shape index (κ3) is 2.52. The highest BCUT2D eigenvalue weighted by atomic mass is 79.9. The van der Waals surface area contributed by atoms with Gasteiger partial charge in [0.1, 0.15) is 16.1 Å². The Balaban J connectivity index is 2.18. The van der Waals surface area contributed by atoms with Gasteiger partial charge >= 0.3 is 0 Å². The maximum Gasteiger partial charge on any atom is 0.155 e. The summed E-state index contributed by atoms with van der Waals surface area (Å²) in [6, 6.07) is 15.4. The van der Waals surface area contributed by atoms with Crippen molar-refractivity contribution in [2.75, 3.05) is 0 Å². The molecule has 0 atom stereocenters. The van der Waals surface area contributed by atoms with Crippen molar-refractivity contribution in [3.8, 4) is 16.9 Å². The lowest BCUT2D eigenvalue weighted by molar-refractivity contribution is 0.112. The third-order valence-electron chi connectivity index (χ3n) is 3.10. The van der Waals surface area contributed by atoms with Crippen LogP contribution in [0.25, 0.3) is 16.9 Å². The lowest BCUT2D eigenvalue weighted by Gasteiger charge is -2.02. The molecule has 3 aromatic rings. The average molecular weight is 345 g/mol. The smallest absolute Gasteiger partial charge is 0.155 e. The van der Waals surface area contributed by atoms with Crippen LogP contribution in [0.15, 0.2) is 59.2 Å². The van der Waals surface area contributed by atoms with Crippen molar-refractivity contribution in [2.24, 2.45) is 0 Å². The highest BCUT2D eigenvalue weighted by Gasteiger charge is 2.17. The van der Waals surface area contributed by atoms with E-state index in [-0.39, 0.29) is 5.82 Å². The van der Waals surface area contributed by atoms with Crippen LogP contribution < -0.4 is 0 Å². The first kappa shape index (κ1) is 13.7. The summed E-state index contributed by atoms with van der Waals surface area (Å²) in [5, 5.41) is 4.47. The summed E-state index contributed by atoms with van der Waals surface area (Å²) >= 11 is 3.39. The SMILES string of the molecule is O=Cc1c(-c2ccccc2)nn(-c2ccc(F)cc2)c1Br. The largest absolute Gasteiger partial charge is 0.298 e. The van der Waals surface area contributed by atoms with Gasteiger partial charge in [0, 0.05) is 5.56 Å². The summed E-state index contributed by atoms with van der Waals surface area (Å²) in [5.74, 6) is -0.319. The van der Waals surface area contributed by atoms with Crippen molar-refractivity contribution in [2.45, 2.75) is 0 Å². The second kappa shape index (κ2) is 5.61. The van der Waals surface area contributed by atoms with Gasteiger partial charge in [-0.05, 0) is 40.2 Å². The van der Waals surface area contributed by atoms with Gasteiger partial charge in [-0.15, -0.1) is 0 Å². The molecule has 0 N–H and O–H groups in total. The zero-order valence-corrected chi connectivity index (χ0v) is 12.4. The highest BCUT2D eigenvalue weighted by molar-refractivity contribution is 9.10. The van der Waals surface area contributed by atoms with E-state index >= 15 is 0 Å². The number of carbonyl (C=O) groups excluding carboxylic acids is 1. The maximum atomic E-state index is 13.0.